The van der Waals surface area contributed by atoms with E-state index in [4.69, 9.17) is 24.3 Å². The van der Waals surface area contributed by atoms with Gasteiger partial charge in [-0.2, -0.15) is 9.61 Å². The Morgan fingerprint density at radius 1 is 0.867 bits per heavy atom. The Labute approximate surface area is 175 Å². The topological polar surface area (TPSA) is 83.7 Å². The number of hydrogen-bond donors (Lipinski definition) is 0. The van der Waals surface area contributed by atoms with Gasteiger partial charge in [-0.15, -0.1) is 10.2 Å². The minimum absolute atomic E-state index is 0.517. The second-order valence-electron chi connectivity index (χ2n) is 6.43. The minimum Gasteiger partial charge on any atom is -0.493 e. The van der Waals surface area contributed by atoms with Crippen LogP contribution < -0.4 is 14.2 Å². The Kier molecular flexibility index (Phi) is 4.44. The van der Waals surface area contributed by atoms with Crippen molar-refractivity contribution in [3.05, 3.63) is 48.5 Å². The fourth-order valence-corrected chi connectivity index (χ4v) is 4.10. The molecule has 9 heteroatoms. The maximum absolute atomic E-state index is 5.45. The number of para-hydroxylation sites is 1. The Morgan fingerprint density at radius 2 is 1.63 bits per heavy atom. The standard InChI is InChI=1S/C21H17N5O3S/c1-27-16-10-13(11-17(28-2)18(16)29-3)19-23-24-21-26(19)25-20(30-21)15-9-8-12-6-4-5-7-14(12)22-15/h4-11H,1-3H3. The van der Waals surface area contributed by atoms with Gasteiger partial charge in [0.1, 0.15) is 5.69 Å². The molecular weight excluding hydrogens is 402 g/mol. The van der Waals surface area contributed by atoms with E-state index in [9.17, 15) is 0 Å². The monoisotopic (exact) mass is 419 g/mol. The van der Waals surface area contributed by atoms with Gasteiger partial charge in [0, 0.05) is 10.9 Å². The number of hydrogen-bond acceptors (Lipinski definition) is 8. The molecule has 0 saturated carbocycles. The summed E-state index contributed by atoms with van der Waals surface area (Å²) >= 11 is 1.43. The van der Waals surface area contributed by atoms with E-state index in [0.717, 1.165) is 27.2 Å². The molecule has 0 aliphatic carbocycles. The van der Waals surface area contributed by atoms with Crippen LogP contribution in [0.1, 0.15) is 0 Å². The van der Waals surface area contributed by atoms with Crippen molar-refractivity contribution in [2.24, 2.45) is 0 Å². The summed E-state index contributed by atoms with van der Waals surface area (Å²) in [6.45, 7) is 0. The molecule has 0 fully saturated rings. The first kappa shape index (κ1) is 18.3. The molecule has 0 unspecified atom stereocenters. The van der Waals surface area contributed by atoms with Crippen LogP contribution in [0, 0.1) is 0 Å². The first-order valence-corrected chi connectivity index (χ1v) is 9.92. The number of ether oxygens (including phenoxy) is 3. The van der Waals surface area contributed by atoms with Crippen LogP contribution in [0.4, 0.5) is 0 Å². The predicted molar refractivity (Wildman–Crippen MR) is 114 cm³/mol. The zero-order valence-corrected chi connectivity index (χ0v) is 17.3. The molecule has 0 bridgehead atoms. The van der Waals surface area contributed by atoms with Crippen LogP contribution in [0.3, 0.4) is 0 Å². The third-order valence-corrected chi connectivity index (χ3v) is 5.65. The lowest BCUT2D eigenvalue weighted by Gasteiger charge is -2.13. The van der Waals surface area contributed by atoms with Gasteiger partial charge in [-0.05, 0) is 24.3 Å². The van der Waals surface area contributed by atoms with Crippen LogP contribution >= 0.6 is 11.3 Å². The van der Waals surface area contributed by atoms with E-state index in [1.54, 1.807) is 25.8 Å². The summed E-state index contributed by atoms with van der Waals surface area (Å²) in [5, 5.41) is 15.2. The van der Waals surface area contributed by atoms with Gasteiger partial charge in [0.2, 0.25) is 10.7 Å². The molecule has 8 nitrogen and oxygen atoms in total. The molecule has 3 aromatic heterocycles. The fourth-order valence-electron chi connectivity index (χ4n) is 3.30. The molecule has 0 aliphatic heterocycles. The van der Waals surface area contributed by atoms with Gasteiger partial charge < -0.3 is 14.2 Å². The molecule has 30 heavy (non-hydrogen) atoms. The van der Waals surface area contributed by atoms with Crippen LogP contribution in [-0.2, 0) is 0 Å². The number of rotatable bonds is 5. The summed E-state index contributed by atoms with van der Waals surface area (Å²) in [7, 11) is 4.72. The number of methoxy groups -OCH3 is 3. The summed E-state index contributed by atoms with van der Waals surface area (Å²) < 4.78 is 18.0. The smallest absolute Gasteiger partial charge is 0.235 e. The average Bonchev–Trinajstić information content (AvgIpc) is 3.38. The van der Waals surface area contributed by atoms with Crippen molar-refractivity contribution in [3.63, 3.8) is 0 Å². The molecule has 5 rings (SSSR count). The van der Waals surface area contributed by atoms with Crippen molar-refractivity contribution in [3.8, 4) is 39.3 Å². The van der Waals surface area contributed by atoms with Gasteiger partial charge in [0.05, 0.1) is 26.8 Å². The van der Waals surface area contributed by atoms with Crippen LogP contribution in [0.25, 0.3) is 38.0 Å². The van der Waals surface area contributed by atoms with Crippen LogP contribution in [0.5, 0.6) is 17.2 Å². The average molecular weight is 419 g/mol. The Morgan fingerprint density at radius 3 is 2.37 bits per heavy atom. The Hall–Kier alpha value is -3.72. The maximum atomic E-state index is 5.45. The second-order valence-corrected chi connectivity index (χ2v) is 7.38. The molecule has 150 valence electrons. The van der Waals surface area contributed by atoms with Crippen molar-refractivity contribution >= 4 is 27.2 Å². The van der Waals surface area contributed by atoms with Crippen molar-refractivity contribution < 1.29 is 14.2 Å². The number of pyridine rings is 1. The van der Waals surface area contributed by atoms with Crippen molar-refractivity contribution in [2.75, 3.05) is 21.3 Å². The summed E-state index contributed by atoms with van der Waals surface area (Å²) in [4.78, 5) is 5.40. The highest BCUT2D eigenvalue weighted by atomic mass is 32.1. The Balaban J connectivity index is 1.63. The number of fused-ring (bicyclic) bond motifs is 2. The lowest BCUT2D eigenvalue weighted by Crippen LogP contribution is -1.97. The van der Waals surface area contributed by atoms with Gasteiger partial charge in [0.25, 0.3) is 0 Å². The highest BCUT2D eigenvalue weighted by molar-refractivity contribution is 7.19. The second kappa shape index (κ2) is 7.27. The van der Waals surface area contributed by atoms with Crippen LogP contribution in [-0.4, -0.2) is 46.1 Å². The molecule has 0 saturated heterocycles. The van der Waals surface area contributed by atoms with E-state index in [0.29, 0.717) is 28.0 Å². The summed E-state index contributed by atoms with van der Waals surface area (Å²) in [6.07, 6.45) is 0. The first-order chi connectivity index (χ1) is 14.7. The maximum Gasteiger partial charge on any atom is 0.235 e. The van der Waals surface area contributed by atoms with Gasteiger partial charge in [-0.25, -0.2) is 4.98 Å². The Bertz CT molecular complexity index is 1350. The molecule has 0 radical (unpaired) electrons. The summed E-state index contributed by atoms with van der Waals surface area (Å²) in [5.74, 6) is 2.17. The highest BCUT2D eigenvalue weighted by Gasteiger charge is 2.20. The quantitative estimate of drug-likeness (QED) is 0.424. The van der Waals surface area contributed by atoms with E-state index in [-0.39, 0.29) is 0 Å². The van der Waals surface area contributed by atoms with E-state index in [2.05, 4.69) is 10.2 Å². The summed E-state index contributed by atoms with van der Waals surface area (Å²) in [6, 6.07) is 15.6. The van der Waals surface area contributed by atoms with Gasteiger partial charge in [-0.3, -0.25) is 0 Å². The third kappa shape index (κ3) is 2.91. The molecule has 0 N–H and O–H groups in total. The number of nitrogens with zero attached hydrogens (tertiary/aromatic N) is 5. The normalized spacial score (nSPS) is 11.2. The van der Waals surface area contributed by atoms with Gasteiger partial charge >= 0.3 is 0 Å². The molecule has 0 aliphatic rings. The number of benzene rings is 2. The molecule has 3 heterocycles. The lowest BCUT2D eigenvalue weighted by molar-refractivity contribution is 0.324. The predicted octanol–water partition coefficient (Wildman–Crippen LogP) is 4.09. The highest BCUT2D eigenvalue weighted by Crippen LogP contribution is 2.41. The van der Waals surface area contributed by atoms with E-state index >= 15 is 0 Å². The van der Waals surface area contributed by atoms with Crippen LogP contribution in [0.2, 0.25) is 0 Å². The SMILES string of the molecule is COc1cc(-c2nnc3sc(-c4ccc5ccccc5n4)nn23)cc(OC)c1OC. The van der Waals surface area contributed by atoms with E-state index < -0.39 is 0 Å². The van der Waals surface area contributed by atoms with E-state index in [1.165, 1.54) is 11.3 Å². The van der Waals surface area contributed by atoms with Crippen molar-refractivity contribution in [1.82, 2.24) is 24.8 Å². The minimum atomic E-state index is 0.517. The van der Waals surface area contributed by atoms with E-state index in [1.807, 2.05) is 48.5 Å². The molecule has 0 spiro atoms. The third-order valence-electron chi connectivity index (χ3n) is 4.73. The largest absolute Gasteiger partial charge is 0.493 e. The van der Waals surface area contributed by atoms with Gasteiger partial charge in [0.15, 0.2) is 22.3 Å². The molecule has 2 aromatic carbocycles. The molecule has 0 atom stereocenters. The summed E-state index contributed by atoms with van der Waals surface area (Å²) in [5.41, 5.74) is 2.46. The van der Waals surface area contributed by atoms with Gasteiger partial charge in [-0.1, -0.05) is 35.6 Å². The fraction of sp³-hybridized carbons (Fsp3) is 0.143. The zero-order valence-electron chi connectivity index (χ0n) is 16.5. The molecule has 5 aromatic rings. The van der Waals surface area contributed by atoms with Crippen LogP contribution in [0.15, 0.2) is 48.5 Å². The molecule has 0 amide bonds. The van der Waals surface area contributed by atoms with Crippen molar-refractivity contribution in [1.29, 1.82) is 0 Å². The zero-order chi connectivity index (χ0) is 20.7. The molecular formula is C21H17N5O3S. The first-order valence-electron chi connectivity index (χ1n) is 9.10. The lowest BCUT2D eigenvalue weighted by atomic mass is 10.1. The number of aromatic nitrogens is 5. The van der Waals surface area contributed by atoms with Crippen molar-refractivity contribution in [2.45, 2.75) is 0 Å².